The van der Waals surface area contributed by atoms with Crippen LogP contribution in [-0.4, -0.2) is 34.8 Å². The lowest BCUT2D eigenvalue weighted by Gasteiger charge is -2.11. The molecule has 1 unspecified atom stereocenters. The summed E-state index contributed by atoms with van der Waals surface area (Å²) in [5, 5.41) is 4.47. The van der Waals surface area contributed by atoms with Gasteiger partial charge in [-0.2, -0.15) is 5.10 Å². The van der Waals surface area contributed by atoms with Gasteiger partial charge in [-0.1, -0.05) is 0 Å². The molecule has 0 radical (unpaired) electrons. The predicted octanol–water partition coefficient (Wildman–Crippen LogP) is 1.83. The van der Waals surface area contributed by atoms with Gasteiger partial charge in [-0.3, -0.25) is 4.68 Å². The summed E-state index contributed by atoms with van der Waals surface area (Å²) in [5.41, 5.74) is 1.08. The van der Waals surface area contributed by atoms with E-state index in [1.165, 1.54) is 13.0 Å². The third-order valence-electron chi connectivity index (χ3n) is 2.52. The number of likely N-dealkylation sites (tertiary alicyclic amines) is 1. The van der Waals surface area contributed by atoms with E-state index in [-0.39, 0.29) is 0 Å². The van der Waals surface area contributed by atoms with E-state index in [1.807, 2.05) is 6.92 Å². The third kappa shape index (κ3) is 1.79. The number of nitrogens with zero attached hydrogens (tertiary/aromatic N) is 3. The number of halogens is 1. The Morgan fingerprint density at radius 3 is 2.85 bits per heavy atom. The Balaban J connectivity index is 2.20. The molecule has 72 valence electrons. The smallest absolute Gasteiger partial charge is 0.104 e. The van der Waals surface area contributed by atoms with Crippen LogP contribution in [0.5, 0.6) is 0 Å². The zero-order valence-corrected chi connectivity index (χ0v) is 9.58. The molecule has 1 aliphatic heterocycles. The van der Waals surface area contributed by atoms with Crippen molar-refractivity contribution in [1.82, 2.24) is 14.7 Å². The molecule has 0 bridgehead atoms. The van der Waals surface area contributed by atoms with Crippen LogP contribution in [0.2, 0.25) is 0 Å². The lowest BCUT2D eigenvalue weighted by atomic mass is 10.3. The van der Waals surface area contributed by atoms with E-state index in [4.69, 9.17) is 0 Å². The molecule has 0 amide bonds. The van der Waals surface area contributed by atoms with Gasteiger partial charge in [0.05, 0.1) is 11.7 Å². The average Bonchev–Trinajstić information content (AvgIpc) is 2.58. The molecule has 1 aromatic rings. The first kappa shape index (κ1) is 9.21. The van der Waals surface area contributed by atoms with Crippen molar-refractivity contribution in [3.05, 3.63) is 16.4 Å². The number of hydrogen-bond donors (Lipinski definition) is 0. The average molecular weight is 244 g/mol. The van der Waals surface area contributed by atoms with E-state index in [0.717, 1.165) is 16.8 Å². The van der Waals surface area contributed by atoms with Crippen LogP contribution in [0, 0.1) is 6.92 Å². The van der Waals surface area contributed by atoms with Crippen molar-refractivity contribution in [2.75, 3.05) is 20.1 Å². The second-order valence-electron chi connectivity index (χ2n) is 3.76. The molecule has 1 fully saturated rings. The molecular weight excluding hydrogens is 230 g/mol. The summed E-state index contributed by atoms with van der Waals surface area (Å²) in [6.45, 7) is 4.32. The summed E-state index contributed by atoms with van der Waals surface area (Å²) in [4.78, 5) is 2.34. The van der Waals surface area contributed by atoms with E-state index in [2.05, 4.69) is 43.7 Å². The van der Waals surface area contributed by atoms with Gasteiger partial charge in [0.25, 0.3) is 0 Å². The number of hydrogen-bond acceptors (Lipinski definition) is 2. The van der Waals surface area contributed by atoms with Gasteiger partial charge in [-0.05, 0) is 48.9 Å². The summed E-state index contributed by atoms with van der Waals surface area (Å²) in [6, 6.07) is 2.62. The number of aromatic nitrogens is 2. The third-order valence-corrected chi connectivity index (χ3v) is 3.12. The van der Waals surface area contributed by atoms with Gasteiger partial charge < -0.3 is 4.90 Å². The fraction of sp³-hybridized carbons (Fsp3) is 0.667. The maximum absolute atomic E-state index is 4.47. The highest BCUT2D eigenvalue weighted by atomic mass is 79.9. The molecule has 4 heteroatoms. The largest absolute Gasteiger partial charge is 0.304 e. The van der Waals surface area contributed by atoms with E-state index < -0.39 is 0 Å². The molecule has 1 saturated heterocycles. The van der Waals surface area contributed by atoms with Crippen molar-refractivity contribution < 1.29 is 0 Å². The Hall–Kier alpha value is -0.350. The van der Waals surface area contributed by atoms with Crippen LogP contribution in [0.15, 0.2) is 10.7 Å². The quantitative estimate of drug-likeness (QED) is 0.751. The first-order valence-corrected chi connectivity index (χ1v) is 5.36. The maximum atomic E-state index is 4.47. The number of rotatable bonds is 1. The van der Waals surface area contributed by atoms with Crippen molar-refractivity contribution in [3.8, 4) is 0 Å². The van der Waals surface area contributed by atoms with E-state index in [1.54, 1.807) is 0 Å². The topological polar surface area (TPSA) is 21.1 Å². The van der Waals surface area contributed by atoms with Gasteiger partial charge in [0.15, 0.2) is 0 Å². The Morgan fingerprint density at radius 1 is 1.62 bits per heavy atom. The fourth-order valence-corrected chi connectivity index (χ4v) is 2.55. The first-order valence-electron chi connectivity index (χ1n) is 4.57. The van der Waals surface area contributed by atoms with Crippen LogP contribution >= 0.6 is 15.9 Å². The normalized spacial score (nSPS) is 24.1. The van der Waals surface area contributed by atoms with E-state index in [9.17, 15) is 0 Å². The summed E-state index contributed by atoms with van der Waals surface area (Å²) in [5.74, 6) is 0. The highest BCUT2D eigenvalue weighted by Gasteiger charge is 2.23. The van der Waals surface area contributed by atoms with E-state index >= 15 is 0 Å². The van der Waals surface area contributed by atoms with Crippen LogP contribution in [-0.2, 0) is 0 Å². The molecule has 1 aliphatic rings. The lowest BCUT2D eigenvalue weighted by molar-refractivity contribution is 0.379. The SMILES string of the molecule is Cc1cc(Br)n(C2CCN(C)C2)n1. The minimum Gasteiger partial charge on any atom is -0.304 e. The van der Waals surface area contributed by atoms with Gasteiger partial charge in [-0.15, -0.1) is 0 Å². The number of aryl methyl sites for hydroxylation is 1. The molecule has 3 nitrogen and oxygen atoms in total. The molecule has 2 rings (SSSR count). The van der Waals surface area contributed by atoms with Crippen molar-refractivity contribution in [2.45, 2.75) is 19.4 Å². The molecule has 0 N–H and O–H groups in total. The fourth-order valence-electron chi connectivity index (χ4n) is 1.85. The van der Waals surface area contributed by atoms with Crippen LogP contribution < -0.4 is 0 Å². The Kier molecular flexibility index (Phi) is 2.43. The molecule has 0 saturated carbocycles. The van der Waals surface area contributed by atoms with Crippen LogP contribution in [0.1, 0.15) is 18.2 Å². The zero-order chi connectivity index (χ0) is 9.42. The van der Waals surface area contributed by atoms with Crippen LogP contribution in [0.25, 0.3) is 0 Å². The van der Waals surface area contributed by atoms with Gasteiger partial charge in [0, 0.05) is 6.54 Å². The van der Waals surface area contributed by atoms with Crippen LogP contribution in [0.4, 0.5) is 0 Å². The summed E-state index contributed by atoms with van der Waals surface area (Å²) >= 11 is 3.53. The van der Waals surface area contributed by atoms with Crippen molar-refractivity contribution >= 4 is 15.9 Å². The Morgan fingerprint density at radius 2 is 2.38 bits per heavy atom. The lowest BCUT2D eigenvalue weighted by Crippen LogP contribution is -2.17. The zero-order valence-electron chi connectivity index (χ0n) is 8.00. The minimum atomic E-state index is 0.549. The summed E-state index contributed by atoms with van der Waals surface area (Å²) in [7, 11) is 2.16. The van der Waals surface area contributed by atoms with Gasteiger partial charge in [0.1, 0.15) is 4.60 Å². The Bertz CT molecular complexity index is 308. The molecule has 1 atom stereocenters. The van der Waals surface area contributed by atoms with Crippen molar-refractivity contribution in [1.29, 1.82) is 0 Å². The predicted molar refractivity (Wildman–Crippen MR) is 55.8 cm³/mol. The monoisotopic (exact) mass is 243 g/mol. The molecule has 0 spiro atoms. The molecule has 1 aromatic heterocycles. The molecular formula is C9H14BrN3. The molecule has 2 heterocycles. The molecule has 13 heavy (non-hydrogen) atoms. The van der Waals surface area contributed by atoms with Gasteiger partial charge in [-0.25, -0.2) is 0 Å². The second kappa shape index (κ2) is 3.42. The minimum absolute atomic E-state index is 0.549. The highest BCUT2D eigenvalue weighted by molar-refractivity contribution is 9.10. The van der Waals surface area contributed by atoms with E-state index in [0.29, 0.717) is 6.04 Å². The standard InChI is InChI=1S/C9H14BrN3/c1-7-5-9(10)13(11-7)8-3-4-12(2)6-8/h5,8H,3-4,6H2,1-2H3. The molecule has 0 aliphatic carbocycles. The maximum Gasteiger partial charge on any atom is 0.104 e. The summed E-state index contributed by atoms with van der Waals surface area (Å²) < 4.78 is 3.20. The highest BCUT2D eigenvalue weighted by Crippen LogP contribution is 2.24. The first-order chi connectivity index (χ1) is 6.16. The van der Waals surface area contributed by atoms with Crippen molar-refractivity contribution in [3.63, 3.8) is 0 Å². The Labute approximate surface area is 86.8 Å². The van der Waals surface area contributed by atoms with Gasteiger partial charge in [0.2, 0.25) is 0 Å². The summed E-state index contributed by atoms with van der Waals surface area (Å²) in [6.07, 6.45) is 1.20. The molecule has 0 aromatic carbocycles. The van der Waals surface area contributed by atoms with Gasteiger partial charge >= 0.3 is 0 Å². The van der Waals surface area contributed by atoms with Crippen LogP contribution in [0.3, 0.4) is 0 Å². The van der Waals surface area contributed by atoms with Crippen molar-refractivity contribution in [2.24, 2.45) is 0 Å². The number of likely N-dealkylation sites (N-methyl/N-ethyl adjacent to an activating group) is 1. The second-order valence-corrected chi connectivity index (χ2v) is 4.57.